The Morgan fingerprint density at radius 3 is 2.52 bits per heavy atom. The molecule has 0 radical (unpaired) electrons. The Morgan fingerprint density at radius 1 is 1.11 bits per heavy atom. The minimum absolute atomic E-state index is 0.0227. The lowest BCUT2D eigenvalue weighted by Crippen LogP contribution is -2.32. The summed E-state index contributed by atoms with van der Waals surface area (Å²) in [7, 11) is 0. The Morgan fingerprint density at radius 2 is 1.81 bits per heavy atom. The van der Waals surface area contributed by atoms with E-state index in [1.165, 1.54) is 11.1 Å². The van der Waals surface area contributed by atoms with E-state index in [9.17, 15) is 4.79 Å². The van der Waals surface area contributed by atoms with Gasteiger partial charge < -0.3 is 9.47 Å². The van der Waals surface area contributed by atoms with Gasteiger partial charge >= 0.3 is 0 Å². The molecule has 0 saturated heterocycles. The van der Waals surface area contributed by atoms with Crippen molar-refractivity contribution in [3.05, 3.63) is 64.9 Å². The molecule has 0 spiro atoms. The summed E-state index contributed by atoms with van der Waals surface area (Å²) in [6.45, 7) is 5.53. The number of carbonyl (C=O) groups is 1. The number of imidazole rings is 1. The van der Waals surface area contributed by atoms with Crippen LogP contribution in [0, 0.1) is 0 Å². The lowest BCUT2D eigenvalue weighted by Gasteiger charge is -2.23. The summed E-state index contributed by atoms with van der Waals surface area (Å²) in [5.41, 5.74) is 4.64. The zero-order valence-corrected chi connectivity index (χ0v) is 17.1. The van der Waals surface area contributed by atoms with E-state index in [1.54, 1.807) is 0 Å². The number of hydrogen-bond acceptors (Lipinski definition) is 2. The summed E-state index contributed by atoms with van der Waals surface area (Å²) in [6, 6.07) is 14.6. The Labute approximate surface area is 168 Å². The third-order valence-corrected chi connectivity index (χ3v) is 5.85. The first-order valence-electron chi connectivity index (χ1n) is 9.33. The van der Waals surface area contributed by atoms with Gasteiger partial charge in [-0.3, -0.25) is 4.79 Å². The molecule has 1 aliphatic heterocycles. The Bertz CT molecular complexity index is 973. The van der Waals surface area contributed by atoms with E-state index >= 15 is 0 Å². The molecule has 4 rings (SSSR count). The van der Waals surface area contributed by atoms with E-state index in [2.05, 4.69) is 67.9 Å². The topological polar surface area (TPSA) is 38.1 Å². The summed E-state index contributed by atoms with van der Waals surface area (Å²) in [5.74, 6) is 1.13. The predicted octanol–water partition coefficient (Wildman–Crippen LogP) is 5.14. The largest absolute Gasteiger partial charge is 0.343 e. The van der Waals surface area contributed by atoms with Crippen molar-refractivity contribution in [3.8, 4) is 22.5 Å². The SMILES string of the molecule is CCN(CC)C(=O)C[C@H]1c2c(-c3ccc(Br)cc3)cccc2-c2nccn21. The van der Waals surface area contributed by atoms with Crippen LogP contribution in [0.5, 0.6) is 0 Å². The maximum Gasteiger partial charge on any atom is 0.224 e. The van der Waals surface area contributed by atoms with Crippen LogP contribution in [0.2, 0.25) is 0 Å². The standard InChI is InChI=1S/C22H22BrN3O/c1-3-25(4-2)20(27)14-19-21-17(15-8-10-16(23)11-9-15)6-5-7-18(21)22-24-12-13-26(19)22/h5-13,19H,3-4,14H2,1-2H3/t19-/m0/s1. The van der Waals surface area contributed by atoms with Gasteiger partial charge in [-0.25, -0.2) is 4.98 Å². The van der Waals surface area contributed by atoms with Crippen molar-refractivity contribution in [1.82, 2.24) is 14.5 Å². The van der Waals surface area contributed by atoms with Gasteiger partial charge in [-0.1, -0.05) is 46.3 Å². The molecule has 4 nitrogen and oxygen atoms in total. The third kappa shape index (κ3) is 3.10. The van der Waals surface area contributed by atoms with Crippen molar-refractivity contribution in [2.24, 2.45) is 0 Å². The van der Waals surface area contributed by atoms with Crippen molar-refractivity contribution in [2.75, 3.05) is 13.1 Å². The summed E-state index contributed by atoms with van der Waals surface area (Å²) in [6.07, 6.45) is 4.26. The van der Waals surface area contributed by atoms with Gasteiger partial charge in [-0.2, -0.15) is 0 Å². The van der Waals surface area contributed by atoms with E-state index in [1.807, 2.05) is 31.1 Å². The highest BCUT2D eigenvalue weighted by molar-refractivity contribution is 9.10. The molecular weight excluding hydrogens is 402 g/mol. The number of nitrogens with zero attached hydrogens (tertiary/aromatic N) is 3. The number of aromatic nitrogens is 2. The van der Waals surface area contributed by atoms with E-state index in [4.69, 9.17) is 0 Å². The molecule has 0 fully saturated rings. The van der Waals surface area contributed by atoms with Gasteiger partial charge in [0.15, 0.2) is 0 Å². The van der Waals surface area contributed by atoms with Crippen molar-refractivity contribution >= 4 is 21.8 Å². The van der Waals surface area contributed by atoms with Crippen LogP contribution in [0.1, 0.15) is 31.9 Å². The smallest absolute Gasteiger partial charge is 0.224 e. The second-order valence-corrected chi connectivity index (χ2v) is 7.63. The Hall–Kier alpha value is -2.40. The summed E-state index contributed by atoms with van der Waals surface area (Å²) < 4.78 is 3.20. The van der Waals surface area contributed by atoms with Crippen LogP contribution in [0.4, 0.5) is 0 Å². The molecule has 3 aromatic rings. The van der Waals surface area contributed by atoms with Gasteiger partial charge in [0.1, 0.15) is 5.82 Å². The minimum atomic E-state index is -0.0227. The van der Waals surface area contributed by atoms with E-state index < -0.39 is 0 Å². The van der Waals surface area contributed by atoms with Gasteiger partial charge in [-0.05, 0) is 42.7 Å². The number of amides is 1. The molecule has 138 valence electrons. The lowest BCUT2D eigenvalue weighted by atomic mass is 9.91. The summed E-state index contributed by atoms with van der Waals surface area (Å²) in [5, 5.41) is 0. The van der Waals surface area contributed by atoms with Gasteiger partial charge in [0.05, 0.1) is 12.5 Å². The Kier molecular flexibility index (Phi) is 4.87. The maximum atomic E-state index is 12.9. The van der Waals surface area contributed by atoms with Gasteiger partial charge in [0.2, 0.25) is 5.91 Å². The van der Waals surface area contributed by atoms with Crippen LogP contribution in [0.3, 0.4) is 0 Å². The van der Waals surface area contributed by atoms with Crippen LogP contribution < -0.4 is 0 Å². The van der Waals surface area contributed by atoms with Crippen molar-refractivity contribution < 1.29 is 4.79 Å². The van der Waals surface area contributed by atoms with Crippen LogP contribution in [0.15, 0.2) is 59.3 Å². The highest BCUT2D eigenvalue weighted by Crippen LogP contribution is 2.45. The molecule has 5 heteroatoms. The van der Waals surface area contributed by atoms with Crippen molar-refractivity contribution in [1.29, 1.82) is 0 Å². The first kappa shape index (κ1) is 18.0. The van der Waals surface area contributed by atoms with Crippen molar-refractivity contribution in [2.45, 2.75) is 26.3 Å². The highest BCUT2D eigenvalue weighted by atomic mass is 79.9. The molecule has 1 aromatic heterocycles. The second kappa shape index (κ2) is 7.31. The summed E-state index contributed by atoms with van der Waals surface area (Å²) >= 11 is 3.51. The third-order valence-electron chi connectivity index (χ3n) is 5.32. The lowest BCUT2D eigenvalue weighted by molar-refractivity contribution is -0.131. The quantitative estimate of drug-likeness (QED) is 0.569. The van der Waals surface area contributed by atoms with E-state index in [0.29, 0.717) is 6.42 Å². The van der Waals surface area contributed by atoms with Crippen LogP contribution in [-0.2, 0) is 4.79 Å². The average Bonchev–Trinajstić information content (AvgIpc) is 3.26. The number of rotatable bonds is 5. The normalized spacial score (nSPS) is 14.7. The van der Waals surface area contributed by atoms with Gasteiger partial charge in [0.25, 0.3) is 0 Å². The molecule has 0 saturated carbocycles. The molecule has 0 aliphatic carbocycles. The van der Waals surface area contributed by atoms with Gasteiger partial charge in [-0.15, -0.1) is 0 Å². The fourth-order valence-corrected chi connectivity index (χ4v) is 4.25. The minimum Gasteiger partial charge on any atom is -0.343 e. The van der Waals surface area contributed by atoms with Crippen LogP contribution in [-0.4, -0.2) is 33.4 Å². The number of hydrogen-bond donors (Lipinski definition) is 0. The number of fused-ring (bicyclic) bond motifs is 3. The molecule has 2 aromatic carbocycles. The zero-order chi connectivity index (χ0) is 19.0. The Balaban J connectivity index is 1.81. The molecule has 2 heterocycles. The molecule has 1 aliphatic rings. The maximum absolute atomic E-state index is 12.9. The average molecular weight is 424 g/mol. The second-order valence-electron chi connectivity index (χ2n) is 6.72. The van der Waals surface area contributed by atoms with Crippen LogP contribution >= 0.6 is 15.9 Å². The first-order chi connectivity index (χ1) is 13.1. The number of benzene rings is 2. The van der Waals surface area contributed by atoms with Gasteiger partial charge in [0, 0.05) is 35.5 Å². The monoisotopic (exact) mass is 423 g/mol. The molecule has 0 bridgehead atoms. The molecule has 0 unspecified atom stereocenters. The zero-order valence-electron chi connectivity index (χ0n) is 15.5. The van der Waals surface area contributed by atoms with Crippen molar-refractivity contribution in [3.63, 3.8) is 0 Å². The molecule has 0 N–H and O–H groups in total. The van der Waals surface area contributed by atoms with Crippen LogP contribution in [0.25, 0.3) is 22.5 Å². The number of carbonyl (C=O) groups excluding carboxylic acids is 1. The first-order valence-corrected chi connectivity index (χ1v) is 10.1. The fraction of sp³-hybridized carbons (Fsp3) is 0.273. The highest BCUT2D eigenvalue weighted by Gasteiger charge is 2.33. The molecule has 1 amide bonds. The number of halogens is 1. The molecule has 27 heavy (non-hydrogen) atoms. The molecule has 1 atom stereocenters. The fourth-order valence-electron chi connectivity index (χ4n) is 3.98. The van der Waals surface area contributed by atoms with E-state index in [-0.39, 0.29) is 11.9 Å². The molecular formula is C22H22BrN3O. The summed E-state index contributed by atoms with van der Waals surface area (Å²) in [4.78, 5) is 19.3. The predicted molar refractivity (Wildman–Crippen MR) is 111 cm³/mol. The van der Waals surface area contributed by atoms with E-state index in [0.717, 1.165) is 34.5 Å².